The van der Waals surface area contributed by atoms with Crippen LogP contribution < -0.4 is 10.6 Å². The van der Waals surface area contributed by atoms with Gasteiger partial charge in [0, 0.05) is 17.3 Å². The van der Waals surface area contributed by atoms with Crippen LogP contribution in [-0.4, -0.2) is 28.5 Å². The number of nitrogens with zero attached hydrogens (tertiary/aromatic N) is 1. The van der Waals surface area contributed by atoms with Gasteiger partial charge in [0.25, 0.3) is 0 Å². The average Bonchev–Trinajstić information content (AvgIpc) is 3.16. The topological polar surface area (TPSA) is 84.2 Å². The lowest BCUT2D eigenvalue weighted by Gasteiger charge is -2.05. The fraction of sp³-hybridized carbons (Fsp3) is 0.227. The van der Waals surface area contributed by atoms with Crippen LogP contribution in [0.4, 0.5) is 11.6 Å². The largest absolute Gasteiger partial charge is 0.338 e. The molecule has 0 aliphatic carbocycles. The number of thioether (sulfide) groups is 1. The van der Waals surface area contributed by atoms with Gasteiger partial charge in [0.05, 0.1) is 11.5 Å². The van der Waals surface area contributed by atoms with Crippen molar-refractivity contribution in [3.63, 3.8) is 0 Å². The molecular weight excluding hydrogens is 386 g/mol. The second-order valence-electron chi connectivity index (χ2n) is 6.59. The summed E-state index contributed by atoms with van der Waals surface area (Å²) in [5.74, 6) is 0.220. The summed E-state index contributed by atoms with van der Waals surface area (Å²) in [7, 11) is 0. The summed E-state index contributed by atoms with van der Waals surface area (Å²) in [6.45, 7) is 4.06. The van der Waals surface area contributed by atoms with E-state index in [-0.39, 0.29) is 29.2 Å². The number of hydrogen-bond acceptors (Lipinski definition) is 5. The molecule has 0 atom stereocenters. The third kappa shape index (κ3) is 6.22. The van der Waals surface area contributed by atoms with Crippen LogP contribution in [-0.2, 0) is 16.0 Å². The van der Waals surface area contributed by atoms with Gasteiger partial charge in [-0.05, 0) is 36.6 Å². The first-order chi connectivity index (χ1) is 14.0. The van der Waals surface area contributed by atoms with Crippen LogP contribution in [0.15, 0.2) is 59.1 Å². The van der Waals surface area contributed by atoms with Crippen molar-refractivity contribution in [2.45, 2.75) is 20.3 Å². The molecule has 0 bridgehead atoms. The molecule has 0 fully saturated rings. The Kier molecular flexibility index (Phi) is 7.08. The third-order valence-electron chi connectivity index (χ3n) is 4.20. The van der Waals surface area contributed by atoms with Crippen molar-refractivity contribution < 1.29 is 14.1 Å². The molecule has 0 saturated carbocycles. The monoisotopic (exact) mass is 409 g/mol. The van der Waals surface area contributed by atoms with Gasteiger partial charge in [0.1, 0.15) is 5.69 Å². The maximum absolute atomic E-state index is 12.1. The van der Waals surface area contributed by atoms with Gasteiger partial charge in [-0.2, -0.15) is 0 Å². The average molecular weight is 410 g/mol. The molecule has 29 heavy (non-hydrogen) atoms. The van der Waals surface area contributed by atoms with Crippen molar-refractivity contribution in [2.24, 2.45) is 0 Å². The molecule has 2 N–H and O–H groups in total. The normalized spacial score (nSPS) is 10.6. The summed E-state index contributed by atoms with van der Waals surface area (Å²) in [4.78, 5) is 24.1. The molecule has 0 unspecified atom stereocenters. The molecule has 3 aromatic rings. The minimum atomic E-state index is -0.248. The highest BCUT2D eigenvalue weighted by molar-refractivity contribution is 8.00. The molecule has 2 amide bonds. The highest BCUT2D eigenvalue weighted by atomic mass is 32.2. The lowest BCUT2D eigenvalue weighted by atomic mass is 10.1. The molecule has 1 heterocycles. The molecular formula is C22H23N3O3S. The zero-order valence-electron chi connectivity index (χ0n) is 16.4. The Morgan fingerprint density at radius 3 is 2.41 bits per heavy atom. The highest BCUT2D eigenvalue weighted by Gasteiger charge is 2.11. The number of aromatic nitrogens is 1. The van der Waals surface area contributed by atoms with E-state index in [4.69, 9.17) is 4.52 Å². The minimum absolute atomic E-state index is 0.141. The van der Waals surface area contributed by atoms with Crippen LogP contribution in [0.2, 0.25) is 0 Å². The molecule has 150 valence electrons. The van der Waals surface area contributed by atoms with Gasteiger partial charge in [0.2, 0.25) is 17.7 Å². The molecule has 0 saturated heterocycles. The van der Waals surface area contributed by atoms with E-state index in [2.05, 4.69) is 22.7 Å². The number of carbonyl (C=O) groups is 2. The number of hydrogen-bond donors (Lipinski definition) is 2. The molecule has 0 aliphatic rings. The lowest BCUT2D eigenvalue weighted by molar-refractivity contribution is -0.114. The number of amides is 2. The van der Waals surface area contributed by atoms with Crippen LogP contribution in [0.1, 0.15) is 18.1 Å². The summed E-state index contributed by atoms with van der Waals surface area (Å²) in [6.07, 6.45) is 0.973. The number of nitrogens with one attached hydrogen (secondary N) is 2. The van der Waals surface area contributed by atoms with Crippen molar-refractivity contribution in [3.8, 4) is 11.3 Å². The summed E-state index contributed by atoms with van der Waals surface area (Å²) in [5.41, 5.74) is 4.65. The molecule has 0 aliphatic heterocycles. The van der Waals surface area contributed by atoms with E-state index in [1.165, 1.54) is 17.3 Å². The van der Waals surface area contributed by atoms with Crippen molar-refractivity contribution in [1.29, 1.82) is 0 Å². The zero-order chi connectivity index (χ0) is 20.6. The third-order valence-corrected chi connectivity index (χ3v) is 5.13. The van der Waals surface area contributed by atoms with E-state index >= 15 is 0 Å². The van der Waals surface area contributed by atoms with Gasteiger partial charge in [-0.3, -0.25) is 14.9 Å². The van der Waals surface area contributed by atoms with Crippen molar-refractivity contribution in [2.75, 3.05) is 22.1 Å². The Bertz CT molecular complexity index is 983. The Labute approximate surface area is 174 Å². The first-order valence-electron chi connectivity index (χ1n) is 9.33. The summed E-state index contributed by atoms with van der Waals surface area (Å²) >= 11 is 1.23. The van der Waals surface area contributed by atoms with Gasteiger partial charge >= 0.3 is 0 Å². The van der Waals surface area contributed by atoms with Crippen LogP contribution >= 0.6 is 11.8 Å². The van der Waals surface area contributed by atoms with Gasteiger partial charge in [-0.15, -0.1) is 11.8 Å². The van der Waals surface area contributed by atoms with E-state index in [9.17, 15) is 9.59 Å². The fourth-order valence-electron chi connectivity index (χ4n) is 2.71. The molecule has 2 aromatic carbocycles. The SMILES string of the molecule is CCc1ccc(-c2cc(NC(=O)CSCC(=O)Nc3cccc(C)c3)on2)cc1. The van der Waals surface area contributed by atoms with E-state index in [1.54, 1.807) is 6.07 Å². The van der Waals surface area contributed by atoms with Gasteiger partial charge in [-0.25, -0.2) is 0 Å². The Morgan fingerprint density at radius 1 is 1.00 bits per heavy atom. The molecule has 0 radical (unpaired) electrons. The Morgan fingerprint density at radius 2 is 1.72 bits per heavy atom. The van der Waals surface area contributed by atoms with E-state index in [1.807, 2.05) is 55.5 Å². The highest BCUT2D eigenvalue weighted by Crippen LogP contribution is 2.22. The van der Waals surface area contributed by atoms with E-state index in [0.29, 0.717) is 5.69 Å². The van der Waals surface area contributed by atoms with Gasteiger partial charge in [0.15, 0.2) is 0 Å². The van der Waals surface area contributed by atoms with E-state index < -0.39 is 0 Å². The predicted molar refractivity (Wildman–Crippen MR) is 117 cm³/mol. The van der Waals surface area contributed by atoms with Crippen LogP contribution in [0.5, 0.6) is 0 Å². The zero-order valence-corrected chi connectivity index (χ0v) is 17.2. The number of aryl methyl sites for hydroxylation is 2. The molecule has 0 spiro atoms. The van der Waals surface area contributed by atoms with Crippen LogP contribution in [0.25, 0.3) is 11.3 Å². The quantitative estimate of drug-likeness (QED) is 0.571. The summed E-state index contributed by atoms with van der Waals surface area (Å²) in [5, 5.41) is 9.48. The maximum Gasteiger partial charge on any atom is 0.236 e. The standard InChI is InChI=1S/C22H23N3O3S/c1-3-16-7-9-17(10-8-16)19-12-22(28-25-19)24-21(27)14-29-13-20(26)23-18-6-4-5-15(2)11-18/h4-12H,3,13-14H2,1-2H3,(H,23,26)(H,24,27). The van der Waals surface area contributed by atoms with Gasteiger partial charge in [-0.1, -0.05) is 48.5 Å². The number of benzene rings is 2. The number of carbonyl (C=O) groups excluding carboxylic acids is 2. The second kappa shape index (κ2) is 9.93. The second-order valence-corrected chi connectivity index (χ2v) is 7.57. The maximum atomic E-state index is 12.1. The predicted octanol–water partition coefficient (Wildman–Crippen LogP) is 4.52. The van der Waals surface area contributed by atoms with Crippen LogP contribution in [0.3, 0.4) is 0 Å². The van der Waals surface area contributed by atoms with Crippen molar-refractivity contribution in [1.82, 2.24) is 5.16 Å². The number of anilines is 2. The van der Waals surface area contributed by atoms with Gasteiger partial charge < -0.3 is 9.84 Å². The lowest BCUT2D eigenvalue weighted by Crippen LogP contribution is -2.18. The van der Waals surface area contributed by atoms with E-state index in [0.717, 1.165) is 23.2 Å². The molecule has 7 heteroatoms. The molecule has 3 rings (SSSR count). The van der Waals surface area contributed by atoms with Crippen LogP contribution in [0, 0.1) is 6.92 Å². The molecule has 6 nitrogen and oxygen atoms in total. The van der Waals surface area contributed by atoms with Crippen molar-refractivity contribution in [3.05, 3.63) is 65.7 Å². The summed E-state index contributed by atoms with van der Waals surface area (Å²) in [6, 6.07) is 17.3. The smallest absolute Gasteiger partial charge is 0.236 e. The Hall–Kier alpha value is -3.06. The minimum Gasteiger partial charge on any atom is -0.338 e. The first kappa shape index (κ1) is 20.7. The first-order valence-corrected chi connectivity index (χ1v) is 10.5. The molecule has 1 aromatic heterocycles. The fourth-order valence-corrected chi connectivity index (χ4v) is 3.33. The summed E-state index contributed by atoms with van der Waals surface area (Å²) < 4.78 is 5.19. The van der Waals surface area contributed by atoms with Crippen molar-refractivity contribution >= 4 is 35.1 Å². The Balaban J connectivity index is 1.43. The number of rotatable bonds is 8.